The van der Waals surface area contributed by atoms with Gasteiger partial charge in [-0.05, 0) is 32.0 Å². The summed E-state index contributed by atoms with van der Waals surface area (Å²) < 4.78 is 15.6. The lowest BCUT2D eigenvalue weighted by atomic mass is 10.1. The quantitative estimate of drug-likeness (QED) is 0.744. The first kappa shape index (κ1) is 15.1. The van der Waals surface area contributed by atoms with Crippen LogP contribution in [-0.4, -0.2) is 38.5 Å². The molecule has 0 aliphatic heterocycles. The lowest BCUT2D eigenvalue weighted by molar-refractivity contribution is 0.0774. The first-order valence-corrected chi connectivity index (χ1v) is 7.54. The summed E-state index contributed by atoms with van der Waals surface area (Å²) in [5.74, 6) is -0.463. The summed E-state index contributed by atoms with van der Waals surface area (Å²) >= 11 is 0. The first-order chi connectivity index (χ1) is 11.2. The summed E-state index contributed by atoms with van der Waals surface area (Å²) in [7, 11) is 0. The maximum absolute atomic E-state index is 14.1. The van der Waals surface area contributed by atoms with Crippen LogP contribution in [0.4, 0.5) is 4.39 Å². The number of hydrogen-bond acceptors (Lipinski definition) is 3. The first-order valence-electron chi connectivity index (χ1n) is 7.54. The minimum atomic E-state index is -0.341. The molecule has 0 radical (unpaired) electrons. The van der Waals surface area contributed by atoms with Crippen LogP contribution in [0, 0.1) is 5.82 Å². The normalized spacial score (nSPS) is 10.9. The zero-order valence-electron chi connectivity index (χ0n) is 13.0. The van der Waals surface area contributed by atoms with E-state index >= 15 is 0 Å². The van der Waals surface area contributed by atoms with Gasteiger partial charge in [-0.1, -0.05) is 12.1 Å². The highest BCUT2D eigenvalue weighted by molar-refractivity contribution is 5.99. The number of rotatable bonds is 4. The number of aromatic nitrogens is 3. The highest BCUT2D eigenvalue weighted by Gasteiger charge is 2.20. The van der Waals surface area contributed by atoms with Crippen molar-refractivity contribution in [3.05, 3.63) is 54.1 Å². The van der Waals surface area contributed by atoms with Crippen molar-refractivity contribution < 1.29 is 9.18 Å². The molecule has 2 aromatic heterocycles. The van der Waals surface area contributed by atoms with Crippen LogP contribution in [0.1, 0.15) is 24.2 Å². The van der Waals surface area contributed by atoms with E-state index in [2.05, 4.69) is 10.1 Å². The van der Waals surface area contributed by atoms with Gasteiger partial charge in [0.25, 0.3) is 5.91 Å². The van der Waals surface area contributed by atoms with Crippen LogP contribution < -0.4 is 0 Å². The van der Waals surface area contributed by atoms with Gasteiger partial charge in [0.05, 0.1) is 11.9 Å². The second-order valence-corrected chi connectivity index (χ2v) is 5.08. The Morgan fingerprint density at radius 1 is 1.22 bits per heavy atom. The summed E-state index contributed by atoms with van der Waals surface area (Å²) in [6.45, 7) is 5.07. The van der Waals surface area contributed by atoms with Crippen LogP contribution in [0.3, 0.4) is 0 Å². The number of hydrogen-bond donors (Lipinski definition) is 0. The summed E-state index contributed by atoms with van der Waals surface area (Å²) in [6, 6.07) is 8.15. The van der Waals surface area contributed by atoms with Gasteiger partial charge in [-0.15, -0.1) is 0 Å². The highest BCUT2D eigenvalue weighted by Crippen LogP contribution is 2.23. The van der Waals surface area contributed by atoms with E-state index in [4.69, 9.17) is 0 Å². The third kappa shape index (κ3) is 2.56. The monoisotopic (exact) mass is 312 g/mol. The molecule has 0 saturated heterocycles. The van der Waals surface area contributed by atoms with Crippen molar-refractivity contribution in [3.63, 3.8) is 0 Å². The summed E-state index contributed by atoms with van der Waals surface area (Å²) in [5, 5.41) is 4.25. The van der Waals surface area contributed by atoms with E-state index in [1.54, 1.807) is 35.4 Å². The van der Waals surface area contributed by atoms with E-state index in [-0.39, 0.29) is 11.7 Å². The molecule has 0 N–H and O–H groups in total. The lowest BCUT2D eigenvalue weighted by Crippen LogP contribution is -2.30. The smallest absolute Gasteiger partial charge is 0.259 e. The zero-order valence-corrected chi connectivity index (χ0v) is 13.0. The number of carbonyl (C=O) groups excluding carboxylic acids is 1. The molecule has 0 spiro atoms. The molecule has 1 aromatic carbocycles. The maximum atomic E-state index is 14.1. The molecule has 5 nitrogen and oxygen atoms in total. The van der Waals surface area contributed by atoms with E-state index in [0.29, 0.717) is 35.6 Å². The molecule has 0 unspecified atom stereocenters. The standard InChI is InChI=1S/C17H17FN4O/c1-3-21(4-2)17(23)13-11-20-22-15(9-10-19-16(13)22)12-7-5-6-8-14(12)18/h5-11H,3-4H2,1-2H3. The number of carbonyl (C=O) groups is 1. The summed E-state index contributed by atoms with van der Waals surface area (Å²) in [6.07, 6.45) is 3.06. The van der Waals surface area contributed by atoms with Gasteiger partial charge < -0.3 is 4.90 Å². The number of benzene rings is 1. The average Bonchev–Trinajstić information content (AvgIpc) is 3.00. The van der Waals surface area contributed by atoms with Crippen molar-refractivity contribution >= 4 is 11.6 Å². The average molecular weight is 312 g/mol. The third-order valence-electron chi connectivity index (χ3n) is 3.83. The van der Waals surface area contributed by atoms with E-state index < -0.39 is 0 Å². The number of amides is 1. The fraction of sp³-hybridized carbons (Fsp3) is 0.235. The molecule has 23 heavy (non-hydrogen) atoms. The van der Waals surface area contributed by atoms with Crippen LogP contribution in [0.25, 0.3) is 16.9 Å². The van der Waals surface area contributed by atoms with Gasteiger partial charge in [-0.3, -0.25) is 4.79 Å². The fourth-order valence-corrected chi connectivity index (χ4v) is 2.60. The molecule has 0 aliphatic carbocycles. The largest absolute Gasteiger partial charge is 0.339 e. The molecular weight excluding hydrogens is 295 g/mol. The van der Waals surface area contributed by atoms with Gasteiger partial charge >= 0.3 is 0 Å². The molecule has 2 heterocycles. The van der Waals surface area contributed by atoms with Gasteiger partial charge in [0.15, 0.2) is 5.65 Å². The van der Waals surface area contributed by atoms with E-state index in [1.807, 2.05) is 13.8 Å². The van der Waals surface area contributed by atoms with Crippen molar-refractivity contribution in [2.24, 2.45) is 0 Å². The number of nitrogens with zero attached hydrogens (tertiary/aromatic N) is 4. The Morgan fingerprint density at radius 3 is 2.65 bits per heavy atom. The van der Waals surface area contributed by atoms with Gasteiger partial charge in [-0.2, -0.15) is 5.10 Å². The molecule has 0 fully saturated rings. The number of fused-ring (bicyclic) bond motifs is 1. The van der Waals surface area contributed by atoms with Crippen molar-refractivity contribution in [2.45, 2.75) is 13.8 Å². The van der Waals surface area contributed by atoms with Crippen LogP contribution in [0.15, 0.2) is 42.7 Å². The van der Waals surface area contributed by atoms with Crippen molar-refractivity contribution in [1.82, 2.24) is 19.5 Å². The van der Waals surface area contributed by atoms with Crippen molar-refractivity contribution in [1.29, 1.82) is 0 Å². The molecule has 118 valence electrons. The SMILES string of the molecule is CCN(CC)C(=O)c1cnn2c(-c3ccccc3F)ccnc12. The Kier molecular flexibility index (Phi) is 4.06. The second kappa shape index (κ2) is 6.16. The lowest BCUT2D eigenvalue weighted by Gasteiger charge is -2.17. The van der Waals surface area contributed by atoms with E-state index in [9.17, 15) is 9.18 Å². The van der Waals surface area contributed by atoms with Gasteiger partial charge in [0, 0.05) is 24.8 Å². The molecule has 0 bridgehead atoms. The second-order valence-electron chi connectivity index (χ2n) is 5.08. The third-order valence-corrected chi connectivity index (χ3v) is 3.83. The number of halogens is 1. The molecular formula is C17H17FN4O. The van der Waals surface area contributed by atoms with Gasteiger partial charge in [0.2, 0.25) is 0 Å². The molecule has 6 heteroatoms. The molecule has 1 amide bonds. The Bertz CT molecular complexity index is 855. The Balaban J connectivity index is 2.15. The Hall–Kier alpha value is -2.76. The summed E-state index contributed by atoms with van der Waals surface area (Å²) in [4.78, 5) is 18.5. The fourth-order valence-electron chi connectivity index (χ4n) is 2.60. The van der Waals surface area contributed by atoms with Crippen LogP contribution >= 0.6 is 0 Å². The predicted octanol–water partition coefficient (Wildman–Crippen LogP) is 3.02. The van der Waals surface area contributed by atoms with Crippen LogP contribution in [0.5, 0.6) is 0 Å². The van der Waals surface area contributed by atoms with Crippen LogP contribution in [-0.2, 0) is 0 Å². The molecule has 3 rings (SSSR count). The molecule has 0 aliphatic rings. The van der Waals surface area contributed by atoms with E-state index in [0.717, 1.165) is 0 Å². The molecule has 0 saturated carbocycles. The molecule has 0 atom stereocenters. The zero-order chi connectivity index (χ0) is 16.4. The minimum absolute atomic E-state index is 0.122. The van der Waals surface area contributed by atoms with Crippen molar-refractivity contribution in [3.8, 4) is 11.3 Å². The van der Waals surface area contributed by atoms with Crippen molar-refractivity contribution in [2.75, 3.05) is 13.1 Å². The Labute approximate surface area is 133 Å². The minimum Gasteiger partial charge on any atom is -0.339 e. The van der Waals surface area contributed by atoms with Gasteiger partial charge in [-0.25, -0.2) is 13.9 Å². The van der Waals surface area contributed by atoms with E-state index in [1.165, 1.54) is 16.8 Å². The maximum Gasteiger partial charge on any atom is 0.259 e. The van der Waals surface area contributed by atoms with Gasteiger partial charge in [0.1, 0.15) is 11.4 Å². The Morgan fingerprint density at radius 2 is 1.96 bits per heavy atom. The van der Waals surface area contributed by atoms with Crippen LogP contribution in [0.2, 0.25) is 0 Å². The topological polar surface area (TPSA) is 50.5 Å². The highest BCUT2D eigenvalue weighted by atomic mass is 19.1. The summed E-state index contributed by atoms with van der Waals surface area (Å²) in [5.41, 5.74) is 1.84. The predicted molar refractivity (Wildman–Crippen MR) is 85.6 cm³/mol. The molecule has 3 aromatic rings.